The highest BCUT2D eigenvalue weighted by atomic mass is 19.1. The summed E-state index contributed by atoms with van der Waals surface area (Å²) < 4.78 is 23.9. The zero-order chi connectivity index (χ0) is 13.4. The molecule has 0 radical (unpaired) electrons. The molecule has 0 bridgehead atoms. The first-order chi connectivity index (χ1) is 8.67. The molecular weight excluding hydrogens is 233 g/mol. The molecule has 0 saturated heterocycles. The Hall–Kier alpha value is -0.970. The lowest BCUT2D eigenvalue weighted by atomic mass is 10.1. The van der Waals surface area contributed by atoms with Crippen molar-refractivity contribution in [1.29, 1.82) is 0 Å². The molecule has 0 aromatic heterocycles. The van der Waals surface area contributed by atoms with Crippen molar-refractivity contribution < 1.29 is 13.9 Å². The fourth-order valence-corrected chi connectivity index (χ4v) is 1.69. The van der Waals surface area contributed by atoms with Gasteiger partial charge in [-0.2, -0.15) is 0 Å². The summed E-state index contributed by atoms with van der Waals surface area (Å²) in [7, 11) is 0. The summed E-state index contributed by atoms with van der Waals surface area (Å²) in [6.07, 6.45) is -0.221. The molecule has 1 aromatic rings. The van der Waals surface area contributed by atoms with Crippen molar-refractivity contribution >= 4 is 0 Å². The third-order valence-corrected chi connectivity index (χ3v) is 2.57. The van der Waals surface area contributed by atoms with Crippen LogP contribution in [0.4, 0.5) is 4.39 Å². The van der Waals surface area contributed by atoms with E-state index >= 15 is 0 Å². The molecule has 4 heteroatoms. The van der Waals surface area contributed by atoms with Gasteiger partial charge in [0.2, 0.25) is 0 Å². The van der Waals surface area contributed by atoms with Gasteiger partial charge in [-0.1, -0.05) is 12.1 Å². The first-order valence-electron chi connectivity index (χ1n) is 6.36. The van der Waals surface area contributed by atoms with Gasteiger partial charge in [-0.05, 0) is 38.0 Å². The highest BCUT2D eigenvalue weighted by Gasteiger charge is 2.07. The summed E-state index contributed by atoms with van der Waals surface area (Å²) in [6, 6.07) is 5.12. The van der Waals surface area contributed by atoms with Crippen LogP contribution in [-0.4, -0.2) is 26.0 Å². The lowest BCUT2D eigenvalue weighted by molar-refractivity contribution is -0.133. The van der Waals surface area contributed by atoms with E-state index in [9.17, 15) is 4.39 Å². The van der Waals surface area contributed by atoms with Crippen LogP contribution in [0, 0.1) is 12.7 Å². The van der Waals surface area contributed by atoms with E-state index in [1.807, 2.05) is 19.9 Å². The smallest absolute Gasteiger partial charge is 0.169 e. The quantitative estimate of drug-likeness (QED) is 0.724. The van der Waals surface area contributed by atoms with Crippen molar-refractivity contribution in [2.45, 2.75) is 33.6 Å². The lowest BCUT2D eigenvalue weighted by Crippen LogP contribution is -2.31. The number of hydrogen-bond acceptors (Lipinski definition) is 3. The van der Waals surface area contributed by atoms with Crippen molar-refractivity contribution in [1.82, 2.24) is 5.32 Å². The van der Waals surface area contributed by atoms with Crippen LogP contribution in [0.3, 0.4) is 0 Å². The second kappa shape index (κ2) is 8.19. The van der Waals surface area contributed by atoms with Gasteiger partial charge in [-0.25, -0.2) is 4.39 Å². The molecule has 102 valence electrons. The molecule has 3 nitrogen and oxygen atoms in total. The minimum absolute atomic E-state index is 0.166. The van der Waals surface area contributed by atoms with Gasteiger partial charge in [0.25, 0.3) is 0 Å². The minimum Gasteiger partial charge on any atom is -0.352 e. The Labute approximate surface area is 108 Å². The van der Waals surface area contributed by atoms with Gasteiger partial charge < -0.3 is 14.8 Å². The lowest BCUT2D eigenvalue weighted by Gasteiger charge is -2.17. The summed E-state index contributed by atoms with van der Waals surface area (Å²) in [4.78, 5) is 0. The Kier molecular flexibility index (Phi) is 6.86. The molecule has 0 amide bonds. The van der Waals surface area contributed by atoms with Gasteiger partial charge in [0.15, 0.2) is 6.29 Å². The van der Waals surface area contributed by atoms with E-state index in [2.05, 4.69) is 5.32 Å². The van der Waals surface area contributed by atoms with Crippen molar-refractivity contribution in [2.24, 2.45) is 0 Å². The van der Waals surface area contributed by atoms with Crippen LogP contribution in [0.15, 0.2) is 18.2 Å². The van der Waals surface area contributed by atoms with Gasteiger partial charge in [-0.15, -0.1) is 0 Å². The summed E-state index contributed by atoms with van der Waals surface area (Å²) in [5.74, 6) is -0.166. The van der Waals surface area contributed by atoms with Crippen LogP contribution in [-0.2, 0) is 16.0 Å². The predicted octanol–water partition coefficient (Wildman–Crippen LogP) is 2.62. The molecule has 0 fully saturated rings. The summed E-state index contributed by atoms with van der Waals surface area (Å²) in [6.45, 7) is 8.20. The SMILES string of the molecule is CCOC(CNCc1ccc(F)c(C)c1)OCC. The maximum Gasteiger partial charge on any atom is 0.169 e. The van der Waals surface area contributed by atoms with E-state index in [-0.39, 0.29) is 12.1 Å². The van der Waals surface area contributed by atoms with Crippen molar-refractivity contribution in [3.05, 3.63) is 35.1 Å². The fraction of sp³-hybridized carbons (Fsp3) is 0.571. The van der Waals surface area contributed by atoms with Gasteiger partial charge >= 0.3 is 0 Å². The monoisotopic (exact) mass is 255 g/mol. The molecule has 1 aromatic carbocycles. The van der Waals surface area contributed by atoms with Crippen molar-refractivity contribution in [2.75, 3.05) is 19.8 Å². The normalized spacial score (nSPS) is 11.2. The van der Waals surface area contributed by atoms with Crippen molar-refractivity contribution in [3.63, 3.8) is 0 Å². The standard InChI is InChI=1S/C14H22FNO2/c1-4-17-14(18-5-2)10-16-9-12-6-7-13(15)11(3)8-12/h6-8,14,16H,4-5,9-10H2,1-3H3. The number of benzene rings is 1. The average Bonchev–Trinajstić information content (AvgIpc) is 2.34. The Balaban J connectivity index is 2.37. The van der Waals surface area contributed by atoms with Crippen LogP contribution in [0.2, 0.25) is 0 Å². The number of nitrogens with one attached hydrogen (secondary N) is 1. The maximum absolute atomic E-state index is 13.1. The highest BCUT2D eigenvalue weighted by Crippen LogP contribution is 2.08. The number of halogens is 1. The molecule has 0 unspecified atom stereocenters. The van der Waals surface area contributed by atoms with Crippen LogP contribution >= 0.6 is 0 Å². The van der Waals surface area contributed by atoms with E-state index < -0.39 is 0 Å². The molecule has 0 aliphatic carbocycles. The third-order valence-electron chi connectivity index (χ3n) is 2.57. The molecule has 0 saturated carbocycles. The highest BCUT2D eigenvalue weighted by molar-refractivity contribution is 5.23. The summed E-state index contributed by atoms with van der Waals surface area (Å²) in [5, 5.41) is 3.25. The van der Waals surface area contributed by atoms with E-state index in [4.69, 9.17) is 9.47 Å². The molecule has 1 N–H and O–H groups in total. The molecule has 0 heterocycles. The molecule has 18 heavy (non-hydrogen) atoms. The van der Waals surface area contributed by atoms with E-state index in [0.29, 0.717) is 31.9 Å². The average molecular weight is 255 g/mol. The zero-order valence-corrected chi connectivity index (χ0v) is 11.3. The zero-order valence-electron chi connectivity index (χ0n) is 11.3. The molecule has 0 aliphatic rings. The van der Waals surface area contributed by atoms with E-state index in [1.165, 1.54) is 6.07 Å². The first-order valence-corrected chi connectivity index (χ1v) is 6.36. The Bertz CT molecular complexity index is 352. The number of hydrogen-bond donors (Lipinski definition) is 1. The molecule has 0 atom stereocenters. The molecular formula is C14H22FNO2. The number of aryl methyl sites for hydroxylation is 1. The van der Waals surface area contributed by atoms with Crippen LogP contribution < -0.4 is 5.32 Å². The Morgan fingerprint density at radius 3 is 2.44 bits per heavy atom. The third kappa shape index (κ3) is 5.12. The van der Waals surface area contributed by atoms with Crippen molar-refractivity contribution in [3.8, 4) is 0 Å². The van der Waals surface area contributed by atoms with Crippen LogP contribution in [0.5, 0.6) is 0 Å². The van der Waals surface area contributed by atoms with Crippen LogP contribution in [0.1, 0.15) is 25.0 Å². The molecule has 1 rings (SSSR count). The Morgan fingerprint density at radius 1 is 1.22 bits per heavy atom. The summed E-state index contributed by atoms with van der Waals surface area (Å²) in [5.41, 5.74) is 1.72. The largest absolute Gasteiger partial charge is 0.352 e. The second-order valence-corrected chi connectivity index (χ2v) is 4.05. The first kappa shape index (κ1) is 15.1. The minimum atomic E-state index is -0.221. The topological polar surface area (TPSA) is 30.5 Å². The van der Waals surface area contributed by atoms with Crippen LogP contribution in [0.25, 0.3) is 0 Å². The number of rotatable bonds is 8. The number of ether oxygens (including phenoxy) is 2. The summed E-state index contributed by atoms with van der Waals surface area (Å²) >= 11 is 0. The van der Waals surface area contributed by atoms with Gasteiger partial charge in [-0.3, -0.25) is 0 Å². The maximum atomic E-state index is 13.1. The molecule has 0 spiro atoms. The van der Waals surface area contributed by atoms with Gasteiger partial charge in [0.1, 0.15) is 5.82 Å². The second-order valence-electron chi connectivity index (χ2n) is 4.05. The van der Waals surface area contributed by atoms with E-state index in [0.717, 1.165) is 5.56 Å². The fourth-order valence-electron chi connectivity index (χ4n) is 1.69. The van der Waals surface area contributed by atoms with Gasteiger partial charge in [0, 0.05) is 26.3 Å². The molecule has 0 aliphatic heterocycles. The van der Waals surface area contributed by atoms with E-state index in [1.54, 1.807) is 13.0 Å². The van der Waals surface area contributed by atoms with Gasteiger partial charge in [0.05, 0.1) is 0 Å². The Morgan fingerprint density at radius 2 is 1.89 bits per heavy atom. The predicted molar refractivity (Wildman–Crippen MR) is 69.9 cm³/mol.